The third kappa shape index (κ3) is 5.10. The van der Waals surface area contributed by atoms with Crippen molar-refractivity contribution in [1.82, 2.24) is 0 Å². The molecule has 1 amide bonds. The maximum Gasteiger partial charge on any atom is 0.340 e. The van der Waals surface area contributed by atoms with Crippen molar-refractivity contribution in [3.05, 3.63) is 76.0 Å². The molecule has 1 N–H and O–H groups in total. The molecule has 2 heterocycles. The minimum atomic E-state index is -0.530. The summed E-state index contributed by atoms with van der Waals surface area (Å²) < 4.78 is 16.5. The Morgan fingerprint density at radius 1 is 1.10 bits per heavy atom. The second-order valence-corrected chi connectivity index (χ2v) is 7.86. The second kappa shape index (κ2) is 9.56. The monoisotopic (exact) mass is 459 g/mol. The molecule has 1 aromatic heterocycles. The lowest BCUT2D eigenvalue weighted by Gasteiger charge is -2.12. The van der Waals surface area contributed by atoms with Crippen molar-refractivity contribution in [3.8, 4) is 11.3 Å². The number of amides is 1. The van der Waals surface area contributed by atoms with Crippen LogP contribution < -0.4 is 5.32 Å². The highest BCUT2D eigenvalue weighted by atomic mass is 35.5. The highest BCUT2D eigenvalue weighted by Gasteiger charge is 2.21. The number of hydrogen-bond donors (Lipinski definition) is 1. The Hall–Kier alpha value is -2.80. The van der Waals surface area contributed by atoms with Crippen LogP contribution in [0.5, 0.6) is 0 Å². The highest BCUT2D eigenvalue weighted by Crippen LogP contribution is 2.32. The van der Waals surface area contributed by atoms with Crippen molar-refractivity contribution in [3.63, 3.8) is 0 Å². The highest BCUT2D eigenvalue weighted by molar-refractivity contribution is 6.35. The Kier molecular flexibility index (Phi) is 6.61. The van der Waals surface area contributed by atoms with Crippen LogP contribution in [-0.4, -0.2) is 31.2 Å². The molecular weight excluding hydrogens is 441 g/mol. The van der Waals surface area contributed by atoms with E-state index in [1.165, 1.54) is 6.07 Å². The zero-order valence-electron chi connectivity index (χ0n) is 16.4. The van der Waals surface area contributed by atoms with Crippen molar-refractivity contribution >= 4 is 40.8 Å². The molecule has 1 aliphatic heterocycles. The fourth-order valence-corrected chi connectivity index (χ4v) is 3.65. The van der Waals surface area contributed by atoms with E-state index in [1.807, 2.05) is 0 Å². The van der Waals surface area contributed by atoms with E-state index in [4.69, 9.17) is 37.1 Å². The summed E-state index contributed by atoms with van der Waals surface area (Å²) in [7, 11) is 0. The number of furan rings is 1. The maximum absolute atomic E-state index is 12.7. The first-order valence-electron chi connectivity index (χ1n) is 9.75. The average Bonchev–Trinajstić information content (AvgIpc) is 3.46. The number of ether oxygens (including phenoxy) is 2. The molecule has 8 heteroatoms. The molecule has 4 rings (SSSR count). The Morgan fingerprint density at radius 3 is 2.74 bits per heavy atom. The van der Waals surface area contributed by atoms with Crippen LogP contribution in [0.1, 0.15) is 33.8 Å². The summed E-state index contributed by atoms with van der Waals surface area (Å²) in [6, 6.07) is 14.8. The number of carbonyl (C=O) groups is 2. The molecule has 0 spiro atoms. The number of halogens is 2. The van der Waals surface area contributed by atoms with E-state index in [2.05, 4.69) is 5.32 Å². The number of rotatable bonds is 6. The maximum atomic E-state index is 12.7. The SMILES string of the molecule is O=C(Nc1ccccc1C(=O)OCC1CCCO1)c1ccc(-c2cc(Cl)ccc2Cl)o1. The van der Waals surface area contributed by atoms with Gasteiger partial charge in [-0.3, -0.25) is 4.79 Å². The van der Waals surface area contributed by atoms with Gasteiger partial charge in [-0.25, -0.2) is 4.79 Å². The van der Waals surface area contributed by atoms with Gasteiger partial charge in [-0.2, -0.15) is 0 Å². The molecule has 0 saturated carbocycles. The number of hydrogen-bond acceptors (Lipinski definition) is 5. The van der Waals surface area contributed by atoms with Gasteiger partial charge in [0.15, 0.2) is 5.76 Å². The van der Waals surface area contributed by atoms with Gasteiger partial charge in [-0.15, -0.1) is 0 Å². The first-order chi connectivity index (χ1) is 15.0. The molecule has 1 atom stereocenters. The Morgan fingerprint density at radius 2 is 1.94 bits per heavy atom. The van der Waals surface area contributed by atoms with Gasteiger partial charge >= 0.3 is 5.97 Å². The number of benzene rings is 2. The van der Waals surface area contributed by atoms with Crippen LogP contribution in [0.2, 0.25) is 10.0 Å². The predicted octanol–water partition coefficient (Wildman–Crippen LogP) is 5.84. The van der Waals surface area contributed by atoms with Crippen LogP contribution in [0.4, 0.5) is 5.69 Å². The van der Waals surface area contributed by atoms with Crippen LogP contribution in [0.15, 0.2) is 59.0 Å². The fraction of sp³-hybridized carbons (Fsp3) is 0.217. The van der Waals surface area contributed by atoms with Crippen molar-refractivity contribution in [1.29, 1.82) is 0 Å². The molecule has 3 aromatic rings. The van der Waals surface area contributed by atoms with E-state index in [-0.39, 0.29) is 24.0 Å². The molecule has 31 heavy (non-hydrogen) atoms. The second-order valence-electron chi connectivity index (χ2n) is 7.02. The molecule has 2 aromatic carbocycles. The van der Waals surface area contributed by atoms with Crippen LogP contribution >= 0.6 is 23.2 Å². The zero-order chi connectivity index (χ0) is 21.8. The van der Waals surface area contributed by atoms with Gasteiger partial charge in [0.05, 0.1) is 22.4 Å². The Balaban J connectivity index is 1.47. The number of carbonyl (C=O) groups excluding carboxylic acids is 2. The third-order valence-corrected chi connectivity index (χ3v) is 5.41. The van der Waals surface area contributed by atoms with Crippen molar-refractivity contribution in [2.45, 2.75) is 18.9 Å². The van der Waals surface area contributed by atoms with Gasteiger partial charge in [0, 0.05) is 17.2 Å². The van der Waals surface area contributed by atoms with Crippen LogP contribution in [0.25, 0.3) is 11.3 Å². The van der Waals surface area contributed by atoms with E-state index >= 15 is 0 Å². The summed E-state index contributed by atoms with van der Waals surface area (Å²) in [5.41, 5.74) is 1.15. The first kappa shape index (κ1) is 21.4. The quantitative estimate of drug-likeness (QED) is 0.468. The van der Waals surface area contributed by atoms with Gasteiger partial charge in [-0.1, -0.05) is 35.3 Å². The molecule has 1 unspecified atom stereocenters. The largest absolute Gasteiger partial charge is 0.459 e. The minimum absolute atomic E-state index is 0.0635. The molecule has 160 valence electrons. The average molecular weight is 460 g/mol. The molecular formula is C23H19Cl2NO5. The van der Waals surface area contributed by atoms with E-state index in [9.17, 15) is 9.59 Å². The molecule has 1 saturated heterocycles. The van der Waals surface area contributed by atoms with Crippen molar-refractivity contribution in [2.24, 2.45) is 0 Å². The van der Waals surface area contributed by atoms with E-state index in [1.54, 1.807) is 48.5 Å². The standard InChI is InChI=1S/C23H19Cl2NO5/c24-14-7-8-18(25)17(12-14)20-9-10-21(31-20)22(27)26-19-6-2-1-5-16(19)23(28)30-13-15-4-3-11-29-15/h1-2,5-10,12,15H,3-4,11,13H2,(H,26,27). The summed E-state index contributed by atoms with van der Waals surface area (Å²) in [4.78, 5) is 25.2. The summed E-state index contributed by atoms with van der Waals surface area (Å²) in [5, 5.41) is 3.65. The smallest absolute Gasteiger partial charge is 0.340 e. The predicted molar refractivity (Wildman–Crippen MR) is 118 cm³/mol. The molecule has 0 bridgehead atoms. The lowest BCUT2D eigenvalue weighted by Crippen LogP contribution is -2.20. The fourth-order valence-electron chi connectivity index (χ4n) is 3.27. The van der Waals surface area contributed by atoms with E-state index < -0.39 is 11.9 Å². The summed E-state index contributed by atoms with van der Waals surface area (Å²) >= 11 is 12.2. The van der Waals surface area contributed by atoms with Gasteiger partial charge in [0.1, 0.15) is 12.4 Å². The molecule has 6 nitrogen and oxygen atoms in total. The molecule has 1 fully saturated rings. The van der Waals surface area contributed by atoms with E-state index in [0.717, 1.165) is 12.8 Å². The molecule has 0 aliphatic carbocycles. The zero-order valence-corrected chi connectivity index (χ0v) is 17.9. The number of esters is 1. The summed E-state index contributed by atoms with van der Waals surface area (Å²) in [6.45, 7) is 0.865. The van der Waals surface area contributed by atoms with Crippen LogP contribution in [0.3, 0.4) is 0 Å². The molecule has 0 radical (unpaired) electrons. The van der Waals surface area contributed by atoms with Gasteiger partial charge in [0.25, 0.3) is 5.91 Å². The summed E-state index contributed by atoms with van der Waals surface area (Å²) in [6.07, 6.45) is 1.74. The lowest BCUT2D eigenvalue weighted by atomic mass is 10.1. The topological polar surface area (TPSA) is 77.8 Å². The van der Waals surface area contributed by atoms with E-state index in [0.29, 0.717) is 33.7 Å². The van der Waals surface area contributed by atoms with Crippen molar-refractivity contribution < 1.29 is 23.5 Å². The van der Waals surface area contributed by atoms with Gasteiger partial charge in [-0.05, 0) is 55.3 Å². The Labute approximate surface area is 189 Å². The lowest BCUT2D eigenvalue weighted by molar-refractivity contribution is 0.0162. The number of nitrogens with one attached hydrogen (secondary N) is 1. The van der Waals surface area contributed by atoms with Crippen LogP contribution in [0, 0.1) is 0 Å². The van der Waals surface area contributed by atoms with Crippen molar-refractivity contribution in [2.75, 3.05) is 18.5 Å². The summed E-state index contributed by atoms with van der Waals surface area (Å²) in [5.74, 6) is -0.573. The first-order valence-corrected chi connectivity index (χ1v) is 10.5. The van der Waals surface area contributed by atoms with Gasteiger partial charge in [0.2, 0.25) is 0 Å². The minimum Gasteiger partial charge on any atom is -0.459 e. The number of anilines is 1. The third-order valence-electron chi connectivity index (χ3n) is 4.84. The Bertz CT molecular complexity index is 1100. The van der Waals surface area contributed by atoms with Crippen LogP contribution in [-0.2, 0) is 9.47 Å². The molecule has 1 aliphatic rings. The normalized spacial score (nSPS) is 15.6. The number of para-hydroxylation sites is 1. The van der Waals surface area contributed by atoms with Gasteiger partial charge < -0.3 is 19.2 Å².